The lowest BCUT2D eigenvalue weighted by Gasteiger charge is -2.29. The van der Waals surface area contributed by atoms with Gasteiger partial charge in [0.2, 0.25) is 0 Å². The Morgan fingerprint density at radius 1 is 1.50 bits per heavy atom. The highest BCUT2D eigenvalue weighted by atomic mass is 16.1. The van der Waals surface area contributed by atoms with Crippen LogP contribution in [0.5, 0.6) is 0 Å². The lowest BCUT2D eigenvalue weighted by molar-refractivity contribution is -0.117. The Hall–Kier alpha value is -0.370. The van der Waals surface area contributed by atoms with Crippen LogP contribution < -0.4 is 0 Å². The molecule has 0 radical (unpaired) electrons. The van der Waals surface area contributed by atoms with Crippen molar-refractivity contribution < 1.29 is 4.79 Å². The predicted octanol–water partition coefficient (Wildman–Crippen LogP) is 1.70. The second-order valence-corrected chi connectivity index (χ2v) is 4.01. The van der Waals surface area contributed by atoms with Gasteiger partial charge in [-0.15, -0.1) is 0 Å². The predicted molar refractivity (Wildman–Crippen MR) is 50.1 cm³/mol. The molecule has 0 amide bonds. The summed E-state index contributed by atoms with van der Waals surface area (Å²) in [5, 5.41) is 0. The Kier molecular flexibility index (Phi) is 3.73. The number of carbonyl (C=O) groups excluding carboxylic acids is 1. The molecule has 1 fully saturated rings. The van der Waals surface area contributed by atoms with Crippen LogP contribution in [0.15, 0.2) is 0 Å². The summed E-state index contributed by atoms with van der Waals surface area (Å²) in [6, 6.07) is 0. The molecule has 1 saturated carbocycles. The molecule has 2 nitrogen and oxygen atoms in total. The molecule has 0 saturated heterocycles. The van der Waals surface area contributed by atoms with Gasteiger partial charge in [-0.1, -0.05) is 6.42 Å². The van der Waals surface area contributed by atoms with E-state index in [-0.39, 0.29) is 0 Å². The van der Waals surface area contributed by atoms with Crippen molar-refractivity contribution in [2.75, 3.05) is 20.1 Å². The Morgan fingerprint density at radius 2 is 2.17 bits per heavy atom. The van der Waals surface area contributed by atoms with Crippen LogP contribution in [-0.2, 0) is 4.79 Å². The number of Topliss-reactive ketones (excluding diaryl/α,β-unsaturated/α-hetero) is 1. The summed E-state index contributed by atoms with van der Waals surface area (Å²) >= 11 is 0. The van der Waals surface area contributed by atoms with Crippen LogP contribution in [0.3, 0.4) is 0 Å². The normalized spacial score (nSPS) is 17.9. The SMILES string of the molecule is CC(=O)CCN(C)CC1CCC1. The van der Waals surface area contributed by atoms with Crippen molar-refractivity contribution in [2.24, 2.45) is 5.92 Å². The average Bonchev–Trinajstić information content (AvgIpc) is 1.93. The van der Waals surface area contributed by atoms with E-state index in [4.69, 9.17) is 0 Å². The standard InChI is InChI=1S/C10H19NO/c1-9(12)6-7-11(2)8-10-4-3-5-10/h10H,3-8H2,1-2H3. The summed E-state index contributed by atoms with van der Waals surface area (Å²) < 4.78 is 0. The summed E-state index contributed by atoms with van der Waals surface area (Å²) in [5.74, 6) is 1.22. The zero-order valence-corrected chi connectivity index (χ0v) is 8.18. The van der Waals surface area contributed by atoms with Crippen LogP contribution in [0.4, 0.5) is 0 Å². The first-order valence-electron chi connectivity index (χ1n) is 4.86. The molecule has 70 valence electrons. The first-order valence-corrected chi connectivity index (χ1v) is 4.86. The minimum Gasteiger partial charge on any atom is -0.306 e. The Bertz CT molecular complexity index is 152. The molecule has 1 aliphatic carbocycles. The molecule has 0 bridgehead atoms. The highest BCUT2D eigenvalue weighted by Crippen LogP contribution is 2.26. The third-order valence-corrected chi connectivity index (χ3v) is 2.64. The van der Waals surface area contributed by atoms with Crippen LogP contribution in [0, 0.1) is 5.92 Å². The first-order chi connectivity index (χ1) is 5.68. The number of nitrogens with zero attached hydrogens (tertiary/aromatic N) is 1. The molecule has 0 aromatic carbocycles. The van der Waals surface area contributed by atoms with E-state index in [9.17, 15) is 4.79 Å². The van der Waals surface area contributed by atoms with E-state index < -0.39 is 0 Å². The maximum absolute atomic E-state index is 10.7. The Balaban J connectivity index is 2.02. The largest absolute Gasteiger partial charge is 0.306 e. The fourth-order valence-corrected chi connectivity index (χ4v) is 1.56. The van der Waals surface area contributed by atoms with Gasteiger partial charge in [0.25, 0.3) is 0 Å². The van der Waals surface area contributed by atoms with Crippen molar-refractivity contribution >= 4 is 5.78 Å². The molecule has 12 heavy (non-hydrogen) atoms. The third-order valence-electron chi connectivity index (χ3n) is 2.64. The van der Waals surface area contributed by atoms with E-state index in [0.717, 1.165) is 12.5 Å². The summed E-state index contributed by atoms with van der Waals surface area (Å²) in [7, 11) is 2.11. The zero-order chi connectivity index (χ0) is 8.97. The van der Waals surface area contributed by atoms with E-state index in [1.807, 2.05) is 0 Å². The van der Waals surface area contributed by atoms with Gasteiger partial charge in [-0.3, -0.25) is 4.79 Å². The van der Waals surface area contributed by atoms with Crippen molar-refractivity contribution in [3.8, 4) is 0 Å². The number of ketones is 1. The molecule has 0 aromatic heterocycles. The van der Waals surface area contributed by atoms with Gasteiger partial charge in [0.15, 0.2) is 0 Å². The maximum Gasteiger partial charge on any atom is 0.131 e. The lowest BCUT2D eigenvalue weighted by atomic mass is 9.85. The molecular formula is C10H19NO. The quantitative estimate of drug-likeness (QED) is 0.624. The Morgan fingerprint density at radius 3 is 2.58 bits per heavy atom. The van der Waals surface area contributed by atoms with Crippen LogP contribution in [-0.4, -0.2) is 30.8 Å². The molecule has 0 aliphatic heterocycles. The van der Waals surface area contributed by atoms with Crippen molar-refractivity contribution in [3.05, 3.63) is 0 Å². The molecule has 0 N–H and O–H groups in total. The van der Waals surface area contributed by atoms with Gasteiger partial charge in [0, 0.05) is 19.5 Å². The molecule has 1 aliphatic rings. The molecule has 0 atom stereocenters. The Labute approximate surface area is 74.9 Å². The van der Waals surface area contributed by atoms with Crippen molar-refractivity contribution in [2.45, 2.75) is 32.6 Å². The summed E-state index contributed by atoms with van der Waals surface area (Å²) in [4.78, 5) is 13.0. The molecular weight excluding hydrogens is 150 g/mol. The first kappa shape index (κ1) is 9.72. The summed E-state index contributed by atoms with van der Waals surface area (Å²) in [6.45, 7) is 3.79. The highest BCUT2D eigenvalue weighted by molar-refractivity contribution is 5.75. The van der Waals surface area contributed by atoms with Gasteiger partial charge in [-0.25, -0.2) is 0 Å². The van der Waals surface area contributed by atoms with Crippen molar-refractivity contribution in [1.82, 2.24) is 4.90 Å². The van der Waals surface area contributed by atoms with Gasteiger partial charge in [0.1, 0.15) is 5.78 Å². The molecule has 1 rings (SSSR count). The number of hydrogen-bond acceptors (Lipinski definition) is 2. The molecule has 0 unspecified atom stereocenters. The monoisotopic (exact) mass is 169 g/mol. The second-order valence-electron chi connectivity index (χ2n) is 4.01. The highest BCUT2D eigenvalue weighted by Gasteiger charge is 2.18. The van der Waals surface area contributed by atoms with Crippen LogP contribution >= 0.6 is 0 Å². The van der Waals surface area contributed by atoms with Gasteiger partial charge in [-0.05, 0) is 32.7 Å². The van der Waals surface area contributed by atoms with Crippen LogP contribution in [0.1, 0.15) is 32.6 Å². The number of hydrogen-bond donors (Lipinski definition) is 0. The van der Waals surface area contributed by atoms with Crippen LogP contribution in [0.2, 0.25) is 0 Å². The van der Waals surface area contributed by atoms with E-state index in [2.05, 4.69) is 11.9 Å². The minimum atomic E-state index is 0.301. The van der Waals surface area contributed by atoms with E-state index in [1.54, 1.807) is 6.92 Å². The summed E-state index contributed by atoms with van der Waals surface area (Å²) in [5.41, 5.74) is 0. The molecule has 0 spiro atoms. The smallest absolute Gasteiger partial charge is 0.131 e. The fraction of sp³-hybridized carbons (Fsp3) is 0.900. The molecule has 0 aromatic rings. The zero-order valence-electron chi connectivity index (χ0n) is 8.18. The van der Waals surface area contributed by atoms with Gasteiger partial charge in [-0.2, -0.15) is 0 Å². The summed E-state index contributed by atoms with van der Waals surface area (Å²) in [6.07, 6.45) is 4.91. The average molecular weight is 169 g/mol. The fourth-order valence-electron chi connectivity index (χ4n) is 1.56. The van der Waals surface area contributed by atoms with Crippen LogP contribution in [0.25, 0.3) is 0 Å². The van der Waals surface area contributed by atoms with E-state index >= 15 is 0 Å². The van der Waals surface area contributed by atoms with Gasteiger partial charge in [0.05, 0.1) is 0 Å². The second kappa shape index (κ2) is 4.61. The number of rotatable bonds is 5. The topological polar surface area (TPSA) is 20.3 Å². The van der Waals surface area contributed by atoms with Crippen molar-refractivity contribution in [1.29, 1.82) is 0 Å². The van der Waals surface area contributed by atoms with Gasteiger partial charge < -0.3 is 4.90 Å². The maximum atomic E-state index is 10.7. The van der Waals surface area contributed by atoms with E-state index in [1.165, 1.54) is 25.8 Å². The third kappa shape index (κ3) is 3.35. The lowest BCUT2D eigenvalue weighted by Crippen LogP contribution is -2.30. The van der Waals surface area contributed by atoms with Crippen molar-refractivity contribution in [3.63, 3.8) is 0 Å². The number of carbonyl (C=O) groups is 1. The minimum absolute atomic E-state index is 0.301. The molecule has 2 heteroatoms. The van der Waals surface area contributed by atoms with Gasteiger partial charge >= 0.3 is 0 Å². The molecule has 0 heterocycles. The van der Waals surface area contributed by atoms with E-state index in [0.29, 0.717) is 12.2 Å².